The Morgan fingerprint density at radius 2 is 2.11 bits per heavy atom. The predicted molar refractivity (Wildman–Crippen MR) is 67.1 cm³/mol. The van der Waals surface area contributed by atoms with Gasteiger partial charge in [-0.3, -0.25) is 0 Å². The fraction of sp³-hybridized carbons (Fsp3) is 0.417. The average molecular weight is 321 g/mol. The molecule has 0 spiro atoms. The number of ether oxygens (including phenoxy) is 1. The summed E-state index contributed by atoms with van der Waals surface area (Å²) in [4.78, 5) is 11.3. The number of alkyl halides is 1. The van der Waals surface area contributed by atoms with E-state index >= 15 is 0 Å². The van der Waals surface area contributed by atoms with Crippen LogP contribution in [0.5, 0.6) is 0 Å². The second kappa shape index (κ2) is 6.82. The summed E-state index contributed by atoms with van der Waals surface area (Å²) in [5.41, 5.74) is 0.140. The second-order valence-corrected chi connectivity index (χ2v) is 4.55. The summed E-state index contributed by atoms with van der Waals surface area (Å²) in [6, 6.07) is 3.39. The zero-order valence-electron chi connectivity index (χ0n) is 9.77. The smallest absolute Gasteiger partial charge is 0.337 e. The van der Waals surface area contributed by atoms with Gasteiger partial charge in [-0.05, 0) is 30.2 Å². The summed E-state index contributed by atoms with van der Waals surface area (Å²) in [7, 11) is 1.18. The minimum absolute atomic E-state index is 0.00223. The molecule has 0 saturated carbocycles. The molecule has 0 fully saturated rings. The lowest BCUT2D eigenvalue weighted by molar-refractivity contribution is 0.0171. The highest BCUT2D eigenvalue weighted by molar-refractivity contribution is 9.09. The number of halogens is 2. The van der Waals surface area contributed by atoms with Crippen molar-refractivity contribution < 1.29 is 24.1 Å². The van der Waals surface area contributed by atoms with E-state index in [9.17, 15) is 19.4 Å². The van der Waals surface area contributed by atoms with E-state index in [4.69, 9.17) is 0 Å². The van der Waals surface area contributed by atoms with Crippen LogP contribution in [0.15, 0.2) is 18.2 Å². The molecule has 0 aromatic heterocycles. The van der Waals surface area contributed by atoms with E-state index in [1.54, 1.807) is 0 Å². The molecule has 1 rings (SSSR count). The van der Waals surface area contributed by atoms with Crippen LogP contribution >= 0.6 is 15.9 Å². The van der Waals surface area contributed by atoms with Crippen molar-refractivity contribution in [2.75, 3.05) is 12.4 Å². The maximum atomic E-state index is 13.3. The highest BCUT2D eigenvalue weighted by atomic mass is 79.9. The number of methoxy groups -OCH3 is 1. The van der Waals surface area contributed by atoms with Gasteiger partial charge in [0, 0.05) is 5.33 Å². The molecule has 0 amide bonds. The molecule has 2 unspecified atom stereocenters. The zero-order valence-corrected chi connectivity index (χ0v) is 11.4. The van der Waals surface area contributed by atoms with Crippen molar-refractivity contribution in [2.24, 2.45) is 0 Å². The molecule has 100 valence electrons. The van der Waals surface area contributed by atoms with Crippen LogP contribution in [0.25, 0.3) is 0 Å². The molecule has 6 heteroatoms. The van der Waals surface area contributed by atoms with Crippen LogP contribution in [0.1, 0.15) is 28.4 Å². The van der Waals surface area contributed by atoms with Gasteiger partial charge >= 0.3 is 5.97 Å². The van der Waals surface area contributed by atoms with Gasteiger partial charge in [-0.2, -0.15) is 0 Å². The highest BCUT2D eigenvalue weighted by Gasteiger charge is 2.20. The number of esters is 1. The average Bonchev–Trinajstić information content (AvgIpc) is 2.36. The van der Waals surface area contributed by atoms with Crippen LogP contribution in [0.3, 0.4) is 0 Å². The van der Waals surface area contributed by atoms with Gasteiger partial charge in [-0.25, -0.2) is 9.18 Å². The molecule has 0 bridgehead atoms. The fourth-order valence-corrected chi connectivity index (χ4v) is 1.98. The SMILES string of the molecule is COC(=O)c1cc(F)cc(C(O)C(O)CCBr)c1. The van der Waals surface area contributed by atoms with Crippen molar-refractivity contribution in [3.63, 3.8) is 0 Å². The van der Waals surface area contributed by atoms with Crippen molar-refractivity contribution in [1.82, 2.24) is 0 Å². The quantitative estimate of drug-likeness (QED) is 0.641. The third-order valence-corrected chi connectivity index (χ3v) is 2.91. The monoisotopic (exact) mass is 320 g/mol. The minimum atomic E-state index is -1.25. The summed E-state index contributed by atoms with van der Waals surface area (Å²) < 4.78 is 17.8. The Kier molecular flexibility index (Phi) is 5.71. The first kappa shape index (κ1) is 15.1. The molecule has 0 aliphatic heterocycles. The van der Waals surface area contributed by atoms with E-state index in [1.807, 2.05) is 0 Å². The second-order valence-electron chi connectivity index (χ2n) is 3.75. The number of aliphatic hydroxyl groups excluding tert-OH is 2. The van der Waals surface area contributed by atoms with Crippen LogP contribution in [-0.4, -0.2) is 34.7 Å². The first-order valence-corrected chi connectivity index (χ1v) is 6.42. The molecule has 1 aromatic rings. The number of benzene rings is 1. The topological polar surface area (TPSA) is 66.8 Å². The largest absolute Gasteiger partial charge is 0.465 e. The molecule has 0 aliphatic rings. The summed E-state index contributed by atoms with van der Waals surface area (Å²) in [5.74, 6) is -1.36. The highest BCUT2D eigenvalue weighted by Crippen LogP contribution is 2.22. The number of hydrogen-bond donors (Lipinski definition) is 2. The first-order valence-electron chi connectivity index (χ1n) is 5.30. The zero-order chi connectivity index (χ0) is 13.7. The summed E-state index contributed by atoms with van der Waals surface area (Å²) in [6.07, 6.45) is -1.97. The number of carbonyl (C=O) groups is 1. The Morgan fingerprint density at radius 1 is 1.44 bits per heavy atom. The molecule has 4 nitrogen and oxygen atoms in total. The van der Waals surface area contributed by atoms with Crippen molar-refractivity contribution in [1.29, 1.82) is 0 Å². The van der Waals surface area contributed by atoms with Gasteiger partial charge in [0.05, 0.1) is 18.8 Å². The van der Waals surface area contributed by atoms with E-state index in [-0.39, 0.29) is 11.1 Å². The van der Waals surface area contributed by atoms with Gasteiger partial charge in [0.1, 0.15) is 11.9 Å². The van der Waals surface area contributed by atoms with Gasteiger partial charge < -0.3 is 14.9 Å². The third-order valence-electron chi connectivity index (χ3n) is 2.45. The Balaban J connectivity index is 3.02. The number of carbonyl (C=O) groups excluding carboxylic acids is 1. The van der Waals surface area contributed by atoms with Crippen molar-refractivity contribution in [3.8, 4) is 0 Å². The number of rotatable bonds is 5. The molecule has 0 heterocycles. The van der Waals surface area contributed by atoms with E-state index in [0.29, 0.717) is 11.8 Å². The lowest BCUT2D eigenvalue weighted by Gasteiger charge is -2.17. The van der Waals surface area contributed by atoms with Crippen molar-refractivity contribution in [3.05, 3.63) is 35.1 Å². The van der Waals surface area contributed by atoms with Gasteiger partial charge in [-0.1, -0.05) is 15.9 Å². The van der Waals surface area contributed by atoms with Gasteiger partial charge in [0.15, 0.2) is 0 Å². The molecule has 0 saturated heterocycles. The molecule has 0 radical (unpaired) electrons. The van der Waals surface area contributed by atoms with Crippen molar-refractivity contribution >= 4 is 21.9 Å². The Morgan fingerprint density at radius 3 is 2.67 bits per heavy atom. The minimum Gasteiger partial charge on any atom is -0.465 e. The van der Waals surface area contributed by atoms with Gasteiger partial charge in [0.2, 0.25) is 0 Å². The normalized spacial score (nSPS) is 14.1. The lowest BCUT2D eigenvalue weighted by Crippen LogP contribution is -2.19. The van der Waals surface area contributed by atoms with Crippen LogP contribution in [0.4, 0.5) is 4.39 Å². The van der Waals surface area contributed by atoms with Crippen LogP contribution < -0.4 is 0 Å². The third kappa shape index (κ3) is 3.76. The van der Waals surface area contributed by atoms with E-state index in [1.165, 1.54) is 13.2 Å². The van der Waals surface area contributed by atoms with Crippen LogP contribution in [0, 0.1) is 5.82 Å². The Labute approximate surface area is 113 Å². The molecule has 2 N–H and O–H groups in total. The Hall–Kier alpha value is -0.980. The van der Waals surface area contributed by atoms with Gasteiger partial charge in [-0.15, -0.1) is 0 Å². The molecule has 1 aromatic carbocycles. The standard InChI is InChI=1S/C12H14BrFO4/c1-18-12(17)8-4-7(5-9(14)6-8)11(16)10(15)2-3-13/h4-6,10-11,15-16H,2-3H2,1H3. The number of aliphatic hydroxyl groups is 2. The molecule has 18 heavy (non-hydrogen) atoms. The summed E-state index contributed by atoms with van der Waals surface area (Å²) in [5, 5.41) is 20.0. The fourth-order valence-electron chi connectivity index (χ4n) is 1.51. The molecule has 0 aliphatic carbocycles. The molecular weight excluding hydrogens is 307 g/mol. The Bertz CT molecular complexity index is 425. The molecule has 2 atom stereocenters. The van der Waals surface area contributed by atoms with Crippen LogP contribution in [0.2, 0.25) is 0 Å². The van der Waals surface area contributed by atoms with E-state index < -0.39 is 24.0 Å². The van der Waals surface area contributed by atoms with E-state index in [0.717, 1.165) is 12.1 Å². The van der Waals surface area contributed by atoms with E-state index in [2.05, 4.69) is 20.7 Å². The van der Waals surface area contributed by atoms with Gasteiger partial charge in [0.25, 0.3) is 0 Å². The molecular formula is C12H14BrFO4. The maximum absolute atomic E-state index is 13.3. The lowest BCUT2D eigenvalue weighted by atomic mass is 10.0. The predicted octanol–water partition coefficient (Wildman–Crippen LogP) is 1.79. The maximum Gasteiger partial charge on any atom is 0.337 e. The number of hydrogen-bond acceptors (Lipinski definition) is 4. The van der Waals surface area contributed by atoms with Crippen LogP contribution in [-0.2, 0) is 4.74 Å². The van der Waals surface area contributed by atoms with Crippen molar-refractivity contribution in [2.45, 2.75) is 18.6 Å². The summed E-state index contributed by atoms with van der Waals surface area (Å²) >= 11 is 3.13. The summed E-state index contributed by atoms with van der Waals surface area (Å²) in [6.45, 7) is 0. The first-order chi connectivity index (χ1) is 8.49.